The highest BCUT2D eigenvalue weighted by molar-refractivity contribution is 5.86. The van der Waals surface area contributed by atoms with Gasteiger partial charge in [-0.25, -0.2) is 4.98 Å². The molecule has 1 amide bonds. The summed E-state index contributed by atoms with van der Waals surface area (Å²) in [6.45, 7) is 7.58. The Morgan fingerprint density at radius 3 is 2.54 bits per heavy atom. The Hall–Kier alpha value is -2.83. The molecule has 26 heavy (non-hydrogen) atoms. The van der Waals surface area contributed by atoms with E-state index in [0.717, 1.165) is 17.0 Å². The number of benzene rings is 1. The van der Waals surface area contributed by atoms with Crippen LogP contribution in [-0.4, -0.2) is 41.9 Å². The number of aliphatic imine (C=N–C) groups is 1. The standard InChI is InChI=1S/C19H27N5O2/c1-5-24(13-16-9-7-6-8-10-16)18(25)12-22-19(20-4)21-11-17-23-14(2)15(3)26-17/h6-10H,5,11-13H2,1-4H3,(H2,20,21,22). The number of carbonyl (C=O) groups excluding carboxylic acids is 1. The summed E-state index contributed by atoms with van der Waals surface area (Å²) < 4.78 is 5.53. The lowest BCUT2D eigenvalue weighted by Crippen LogP contribution is -2.44. The van der Waals surface area contributed by atoms with Crippen LogP contribution in [0.1, 0.15) is 29.8 Å². The smallest absolute Gasteiger partial charge is 0.242 e. The van der Waals surface area contributed by atoms with Gasteiger partial charge in [-0.05, 0) is 26.3 Å². The minimum absolute atomic E-state index is 0.0158. The van der Waals surface area contributed by atoms with Crippen molar-refractivity contribution in [3.05, 3.63) is 53.2 Å². The second-order valence-corrected chi connectivity index (χ2v) is 5.92. The Morgan fingerprint density at radius 1 is 1.23 bits per heavy atom. The molecule has 0 radical (unpaired) electrons. The molecule has 1 aromatic heterocycles. The predicted molar refractivity (Wildman–Crippen MR) is 102 cm³/mol. The van der Waals surface area contributed by atoms with Gasteiger partial charge in [-0.2, -0.15) is 0 Å². The number of rotatable bonds is 7. The second kappa shape index (κ2) is 9.60. The first-order chi connectivity index (χ1) is 12.5. The minimum Gasteiger partial charge on any atom is -0.444 e. The monoisotopic (exact) mass is 357 g/mol. The molecule has 1 heterocycles. The van der Waals surface area contributed by atoms with E-state index in [1.54, 1.807) is 11.9 Å². The molecule has 7 heteroatoms. The Balaban J connectivity index is 1.83. The third kappa shape index (κ3) is 5.61. The minimum atomic E-state index is 0.0158. The number of oxazole rings is 1. The molecule has 0 aliphatic carbocycles. The number of nitrogens with one attached hydrogen (secondary N) is 2. The van der Waals surface area contributed by atoms with E-state index >= 15 is 0 Å². The van der Waals surface area contributed by atoms with E-state index in [1.807, 2.05) is 51.1 Å². The predicted octanol–water partition coefficient (Wildman–Crippen LogP) is 2.01. The molecule has 0 fully saturated rings. The largest absolute Gasteiger partial charge is 0.444 e. The first kappa shape index (κ1) is 19.5. The van der Waals surface area contributed by atoms with Gasteiger partial charge in [0.05, 0.1) is 18.8 Å². The van der Waals surface area contributed by atoms with Gasteiger partial charge < -0.3 is 20.0 Å². The molecule has 2 aromatic rings. The number of nitrogens with zero attached hydrogens (tertiary/aromatic N) is 3. The first-order valence-corrected chi connectivity index (χ1v) is 8.72. The molecule has 0 atom stereocenters. The zero-order valence-electron chi connectivity index (χ0n) is 15.9. The maximum atomic E-state index is 12.5. The fourth-order valence-corrected chi connectivity index (χ4v) is 2.45. The van der Waals surface area contributed by atoms with Crippen molar-refractivity contribution in [2.45, 2.75) is 33.9 Å². The average molecular weight is 357 g/mol. The van der Waals surface area contributed by atoms with Crippen LogP contribution in [0.4, 0.5) is 0 Å². The first-order valence-electron chi connectivity index (χ1n) is 8.72. The fraction of sp³-hybridized carbons (Fsp3) is 0.421. The average Bonchev–Trinajstić information content (AvgIpc) is 2.98. The molecule has 2 rings (SSSR count). The number of hydrogen-bond donors (Lipinski definition) is 2. The van der Waals surface area contributed by atoms with Crippen LogP contribution >= 0.6 is 0 Å². The van der Waals surface area contributed by atoms with E-state index in [0.29, 0.717) is 31.5 Å². The van der Waals surface area contributed by atoms with Crippen LogP contribution < -0.4 is 10.6 Å². The molecular weight excluding hydrogens is 330 g/mol. The maximum Gasteiger partial charge on any atom is 0.242 e. The van der Waals surface area contributed by atoms with Gasteiger partial charge in [-0.1, -0.05) is 30.3 Å². The van der Waals surface area contributed by atoms with Crippen LogP contribution in [0.3, 0.4) is 0 Å². The number of hydrogen-bond acceptors (Lipinski definition) is 4. The number of carbonyl (C=O) groups is 1. The molecule has 140 valence electrons. The van der Waals surface area contributed by atoms with Crippen LogP contribution in [-0.2, 0) is 17.9 Å². The van der Waals surface area contributed by atoms with Crippen molar-refractivity contribution in [2.75, 3.05) is 20.1 Å². The number of aryl methyl sites for hydroxylation is 2. The van der Waals surface area contributed by atoms with Crippen LogP contribution in [0.5, 0.6) is 0 Å². The van der Waals surface area contributed by atoms with Crippen LogP contribution in [0, 0.1) is 13.8 Å². The number of guanidine groups is 1. The Bertz CT molecular complexity index is 720. The van der Waals surface area contributed by atoms with Crippen molar-refractivity contribution in [1.82, 2.24) is 20.5 Å². The van der Waals surface area contributed by atoms with Crippen molar-refractivity contribution in [3.8, 4) is 0 Å². The molecule has 0 aliphatic rings. The molecule has 2 N–H and O–H groups in total. The fourth-order valence-electron chi connectivity index (χ4n) is 2.45. The van der Waals surface area contributed by atoms with Gasteiger partial charge in [-0.3, -0.25) is 9.79 Å². The van der Waals surface area contributed by atoms with Gasteiger partial charge in [0.1, 0.15) is 5.76 Å². The third-order valence-corrected chi connectivity index (χ3v) is 4.06. The molecule has 0 bridgehead atoms. The summed E-state index contributed by atoms with van der Waals surface area (Å²) >= 11 is 0. The highest BCUT2D eigenvalue weighted by Crippen LogP contribution is 2.07. The molecular formula is C19H27N5O2. The Kier molecular flexibility index (Phi) is 7.20. The molecule has 0 spiro atoms. The summed E-state index contributed by atoms with van der Waals surface area (Å²) in [5.41, 5.74) is 1.99. The maximum absolute atomic E-state index is 12.5. The summed E-state index contributed by atoms with van der Waals surface area (Å²) in [4.78, 5) is 22.7. The topological polar surface area (TPSA) is 82.8 Å². The highest BCUT2D eigenvalue weighted by atomic mass is 16.4. The van der Waals surface area contributed by atoms with Gasteiger partial charge in [-0.15, -0.1) is 0 Å². The molecule has 0 aliphatic heterocycles. The summed E-state index contributed by atoms with van der Waals surface area (Å²) in [7, 11) is 1.66. The van der Waals surface area contributed by atoms with Gasteiger partial charge in [0.25, 0.3) is 0 Å². The summed E-state index contributed by atoms with van der Waals surface area (Å²) in [6, 6.07) is 9.96. The molecule has 0 saturated carbocycles. The van der Waals surface area contributed by atoms with Crippen molar-refractivity contribution in [2.24, 2.45) is 4.99 Å². The van der Waals surface area contributed by atoms with Crippen molar-refractivity contribution in [1.29, 1.82) is 0 Å². The van der Waals surface area contributed by atoms with E-state index in [4.69, 9.17) is 4.42 Å². The van der Waals surface area contributed by atoms with Gasteiger partial charge >= 0.3 is 0 Å². The molecule has 7 nitrogen and oxygen atoms in total. The summed E-state index contributed by atoms with van der Waals surface area (Å²) in [5.74, 6) is 1.94. The van der Waals surface area contributed by atoms with Crippen molar-refractivity contribution >= 4 is 11.9 Å². The third-order valence-electron chi connectivity index (χ3n) is 4.06. The van der Waals surface area contributed by atoms with Gasteiger partial charge in [0, 0.05) is 20.1 Å². The lowest BCUT2D eigenvalue weighted by molar-refractivity contribution is -0.130. The quantitative estimate of drug-likeness (QED) is 0.585. The summed E-state index contributed by atoms with van der Waals surface area (Å²) in [6.07, 6.45) is 0. The van der Waals surface area contributed by atoms with E-state index in [9.17, 15) is 4.79 Å². The number of amides is 1. The van der Waals surface area contributed by atoms with E-state index in [1.165, 1.54) is 0 Å². The van der Waals surface area contributed by atoms with Gasteiger partial charge in [0.15, 0.2) is 5.96 Å². The SMILES string of the molecule is CCN(Cc1ccccc1)C(=O)CNC(=NC)NCc1nc(C)c(C)o1. The van der Waals surface area contributed by atoms with Gasteiger partial charge in [0.2, 0.25) is 11.8 Å². The zero-order chi connectivity index (χ0) is 18.9. The van der Waals surface area contributed by atoms with Crippen LogP contribution in [0.15, 0.2) is 39.7 Å². The van der Waals surface area contributed by atoms with Crippen molar-refractivity contribution < 1.29 is 9.21 Å². The second-order valence-electron chi connectivity index (χ2n) is 5.92. The molecule has 1 aromatic carbocycles. The molecule has 0 unspecified atom stereocenters. The lowest BCUT2D eigenvalue weighted by atomic mass is 10.2. The molecule has 0 saturated heterocycles. The number of likely N-dealkylation sites (N-methyl/N-ethyl adjacent to an activating group) is 1. The number of aromatic nitrogens is 1. The normalized spacial score (nSPS) is 11.3. The van der Waals surface area contributed by atoms with Crippen LogP contribution in [0.2, 0.25) is 0 Å². The van der Waals surface area contributed by atoms with Crippen molar-refractivity contribution in [3.63, 3.8) is 0 Å². The Labute approximate surface area is 154 Å². The summed E-state index contributed by atoms with van der Waals surface area (Å²) in [5, 5.41) is 6.14. The van der Waals surface area contributed by atoms with E-state index in [2.05, 4.69) is 20.6 Å². The van der Waals surface area contributed by atoms with Crippen LogP contribution in [0.25, 0.3) is 0 Å². The zero-order valence-corrected chi connectivity index (χ0v) is 15.9. The Morgan fingerprint density at radius 2 is 1.96 bits per heavy atom. The lowest BCUT2D eigenvalue weighted by Gasteiger charge is -2.22. The highest BCUT2D eigenvalue weighted by Gasteiger charge is 2.13. The van der Waals surface area contributed by atoms with E-state index in [-0.39, 0.29) is 12.5 Å². The van der Waals surface area contributed by atoms with E-state index < -0.39 is 0 Å².